The van der Waals surface area contributed by atoms with Gasteiger partial charge in [-0.3, -0.25) is 0 Å². The third kappa shape index (κ3) is 2.48. The van der Waals surface area contributed by atoms with Gasteiger partial charge < -0.3 is 9.84 Å². The highest BCUT2D eigenvalue weighted by atomic mass is 19.4. The zero-order chi connectivity index (χ0) is 15.0. The Bertz CT molecular complexity index is 419. The molecule has 0 aromatic heterocycles. The van der Waals surface area contributed by atoms with E-state index < -0.39 is 24.4 Å². The SMILES string of the molecule is COC(=O)N1N=C(C2CCCCC2)CC1(O)C(F)(F)F. The second-order valence-electron chi connectivity index (χ2n) is 5.20. The normalized spacial score (nSPS) is 28.4. The number of alkyl halides is 3. The van der Waals surface area contributed by atoms with Gasteiger partial charge in [0.25, 0.3) is 5.72 Å². The monoisotopic (exact) mass is 294 g/mol. The molecule has 1 aliphatic heterocycles. The van der Waals surface area contributed by atoms with Crippen LogP contribution >= 0.6 is 0 Å². The van der Waals surface area contributed by atoms with E-state index in [1.165, 1.54) is 0 Å². The number of halogens is 3. The number of amides is 1. The van der Waals surface area contributed by atoms with Crippen molar-refractivity contribution in [2.24, 2.45) is 11.0 Å². The maximum Gasteiger partial charge on any atom is 0.439 e. The lowest BCUT2D eigenvalue weighted by Crippen LogP contribution is -2.56. The van der Waals surface area contributed by atoms with Gasteiger partial charge in [0.15, 0.2) is 0 Å². The third-order valence-corrected chi connectivity index (χ3v) is 3.88. The molecule has 114 valence electrons. The fraction of sp³-hybridized carbons (Fsp3) is 0.833. The summed E-state index contributed by atoms with van der Waals surface area (Å²) in [6.45, 7) is 0. The van der Waals surface area contributed by atoms with Crippen molar-refractivity contribution in [3.63, 3.8) is 0 Å². The lowest BCUT2D eigenvalue weighted by molar-refractivity contribution is -0.299. The Morgan fingerprint density at radius 2 is 2.00 bits per heavy atom. The van der Waals surface area contributed by atoms with Gasteiger partial charge in [0.05, 0.1) is 7.11 Å². The Hall–Kier alpha value is -1.31. The summed E-state index contributed by atoms with van der Waals surface area (Å²) < 4.78 is 43.5. The fourth-order valence-corrected chi connectivity index (χ4v) is 2.73. The van der Waals surface area contributed by atoms with Crippen molar-refractivity contribution in [2.75, 3.05) is 7.11 Å². The minimum atomic E-state index is -4.99. The number of hydrogen-bond donors (Lipinski definition) is 1. The van der Waals surface area contributed by atoms with E-state index in [1.807, 2.05) is 0 Å². The van der Waals surface area contributed by atoms with E-state index in [0.717, 1.165) is 39.2 Å². The van der Waals surface area contributed by atoms with Gasteiger partial charge in [-0.15, -0.1) is 0 Å². The molecule has 1 saturated carbocycles. The molecular weight excluding hydrogens is 277 g/mol. The van der Waals surface area contributed by atoms with E-state index in [0.29, 0.717) is 0 Å². The van der Waals surface area contributed by atoms with Crippen molar-refractivity contribution in [3.8, 4) is 0 Å². The van der Waals surface area contributed by atoms with Crippen molar-refractivity contribution in [1.29, 1.82) is 0 Å². The Kier molecular flexibility index (Phi) is 3.95. The van der Waals surface area contributed by atoms with E-state index in [2.05, 4.69) is 9.84 Å². The molecule has 8 heteroatoms. The van der Waals surface area contributed by atoms with Gasteiger partial charge in [-0.1, -0.05) is 19.3 Å². The van der Waals surface area contributed by atoms with Crippen molar-refractivity contribution < 1.29 is 27.8 Å². The maximum atomic E-state index is 13.1. The van der Waals surface area contributed by atoms with Crippen molar-refractivity contribution in [3.05, 3.63) is 0 Å². The first-order valence-electron chi connectivity index (χ1n) is 6.54. The quantitative estimate of drug-likeness (QED) is 0.808. The van der Waals surface area contributed by atoms with Crippen LogP contribution in [0.5, 0.6) is 0 Å². The van der Waals surface area contributed by atoms with Gasteiger partial charge in [0.2, 0.25) is 0 Å². The number of rotatable bonds is 1. The Morgan fingerprint density at radius 3 is 2.50 bits per heavy atom. The Morgan fingerprint density at radius 1 is 1.40 bits per heavy atom. The van der Waals surface area contributed by atoms with Crippen LogP contribution in [-0.4, -0.2) is 40.9 Å². The molecular formula is C12H17F3N2O3. The average Bonchev–Trinajstić information content (AvgIpc) is 2.78. The summed E-state index contributed by atoms with van der Waals surface area (Å²) in [6, 6.07) is 0. The molecule has 1 heterocycles. The number of ether oxygens (including phenoxy) is 1. The molecule has 1 N–H and O–H groups in total. The summed E-state index contributed by atoms with van der Waals surface area (Å²) in [4.78, 5) is 11.4. The molecule has 1 unspecified atom stereocenters. The average molecular weight is 294 g/mol. The molecule has 20 heavy (non-hydrogen) atoms. The first-order valence-corrected chi connectivity index (χ1v) is 6.54. The molecule has 1 fully saturated rings. The van der Waals surface area contributed by atoms with Gasteiger partial charge in [0, 0.05) is 12.1 Å². The number of carbonyl (C=O) groups excluding carboxylic acids is 1. The smallest absolute Gasteiger partial charge is 0.439 e. The molecule has 0 spiro atoms. The topological polar surface area (TPSA) is 62.1 Å². The number of carbonyl (C=O) groups is 1. The van der Waals surface area contributed by atoms with Crippen LogP contribution < -0.4 is 0 Å². The highest BCUT2D eigenvalue weighted by Crippen LogP contribution is 2.43. The predicted molar refractivity (Wildman–Crippen MR) is 63.9 cm³/mol. The predicted octanol–water partition coefficient (Wildman–Crippen LogP) is 2.65. The summed E-state index contributed by atoms with van der Waals surface area (Å²) in [5, 5.41) is 13.6. The molecule has 0 saturated heterocycles. The summed E-state index contributed by atoms with van der Waals surface area (Å²) in [5.41, 5.74) is -3.07. The van der Waals surface area contributed by atoms with Gasteiger partial charge in [0.1, 0.15) is 0 Å². The van der Waals surface area contributed by atoms with Crippen LogP contribution in [-0.2, 0) is 4.74 Å². The van der Waals surface area contributed by atoms with Crippen molar-refractivity contribution >= 4 is 11.8 Å². The van der Waals surface area contributed by atoms with Crippen molar-refractivity contribution in [2.45, 2.75) is 50.4 Å². The number of methoxy groups -OCH3 is 1. The first kappa shape index (κ1) is 15.1. The molecule has 0 bridgehead atoms. The summed E-state index contributed by atoms with van der Waals surface area (Å²) >= 11 is 0. The summed E-state index contributed by atoms with van der Waals surface area (Å²) in [6.07, 6.45) is -2.62. The van der Waals surface area contributed by atoms with Crippen LogP contribution in [0.25, 0.3) is 0 Å². The second kappa shape index (κ2) is 5.23. The second-order valence-corrected chi connectivity index (χ2v) is 5.20. The standard InChI is InChI=1S/C12H17F3N2O3/c1-20-10(18)17-11(19,12(13,14)15)7-9(16-17)8-5-3-2-4-6-8/h8,19H,2-7H2,1H3. The number of hydrazone groups is 1. The Balaban J connectivity index is 2.27. The molecule has 2 aliphatic rings. The van der Waals surface area contributed by atoms with Crippen LogP contribution in [0.4, 0.5) is 18.0 Å². The van der Waals surface area contributed by atoms with Crippen LogP contribution in [0.15, 0.2) is 5.10 Å². The van der Waals surface area contributed by atoms with E-state index in [1.54, 1.807) is 0 Å². The first-order chi connectivity index (χ1) is 9.29. The Labute approximate surface area is 114 Å². The molecule has 0 aromatic rings. The highest BCUT2D eigenvalue weighted by Gasteiger charge is 2.64. The lowest BCUT2D eigenvalue weighted by atomic mass is 9.83. The molecule has 0 aromatic carbocycles. The third-order valence-electron chi connectivity index (χ3n) is 3.88. The number of aliphatic hydroxyl groups is 1. The van der Waals surface area contributed by atoms with Crippen LogP contribution in [0.1, 0.15) is 38.5 Å². The largest absolute Gasteiger partial charge is 0.451 e. The van der Waals surface area contributed by atoms with Crippen molar-refractivity contribution in [1.82, 2.24) is 5.01 Å². The van der Waals surface area contributed by atoms with E-state index in [9.17, 15) is 23.1 Å². The molecule has 1 atom stereocenters. The summed E-state index contributed by atoms with van der Waals surface area (Å²) in [7, 11) is 0.952. The van der Waals surface area contributed by atoms with Gasteiger partial charge in [-0.25, -0.2) is 4.79 Å². The van der Waals surface area contributed by atoms with Gasteiger partial charge >= 0.3 is 12.3 Å². The zero-order valence-corrected chi connectivity index (χ0v) is 11.1. The molecule has 5 nitrogen and oxygen atoms in total. The minimum Gasteiger partial charge on any atom is -0.451 e. The molecule has 1 amide bonds. The van der Waals surface area contributed by atoms with Gasteiger partial charge in [-0.05, 0) is 18.8 Å². The lowest BCUT2D eigenvalue weighted by Gasteiger charge is -2.31. The highest BCUT2D eigenvalue weighted by molar-refractivity contribution is 5.91. The van der Waals surface area contributed by atoms with E-state index in [4.69, 9.17) is 0 Å². The maximum absolute atomic E-state index is 13.1. The van der Waals surface area contributed by atoms with Crippen LogP contribution in [0.2, 0.25) is 0 Å². The minimum absolute atomic E-state index is 0.0247. The molecule has 0 radical (unpaired) electrons. The van der Waals surface area contributed by atoms with E-state index in [-0.39, 0.29) is 16.6 Å². The summed E-state index contributed by atoms with van der Waals surface area (Å²) in [5.74, 6) is -0.104. The fourth-order valence-electron chi connectivity index (χ4n) is 2.73. The van der Waals surface area contributed by atoms with E-state index >= 15 is 0 Å². The zero-order valence-electron chi connectivity index (χ0n) is 11.1. The number of nitrogens with zero attached hydrogens (tertiary/aromatic N) is 2. The van der Waals surface area contributed by atoms with Gasteiger partial charge in [-0.2, -0.15) is 23.3 Å². The molecule has 2 rings (SSSR count). The van der Waals surface area contributed by atoms with Crippen LogP contribution in [0, 0.1) is 5.92 Å². The number of hydrogen-bond acceptors (Lipinski definition) is 4. The molecule has 1 aliphatic carbocycles. The van der Waals surface area contributed by atoms with Crippen LogP contribution in [0.3, 0.4) is 0 Å².